The van der Waals surface area contributed by atoms with Crippen LogP contribution in [0.25, 0.3) is 0 Å². The lowest BCUT2D eigenvalue weighted by molar-refractivity contribution is -0.146. The number of carbonyl (C=O) groups excluding carboxylic acids is 2. The monoisotopic (exact) mass is 398 g/mol. The third-order valence-electron chi connectivity index (χ3n) is 3.82. The smallest absolute Gasteiger partial charge is 0.328 e. The lowest BCUT2D eigenvalue weighted by atomic mass is 10.1. The second-order valence-electron chi connectivity index (χ2n) is 5.83. The SMILES string of the molecule is CSCCC(NC(=O)c1ccccc1)C(=O)OCCOc1ccc(C#N)cc1. The summed E-state index contributed by atoms with van der Waals surface area (Å²) in [6, 6.07) is 16.7. The number of nitrogens with zero attached hydrogens (tertiary/aromatic N) is 1. The van der Waals surface area contributed by atoms with Crippen LogP contribution in [0.3, 0.4) is 0 Å². The molecule has 0 aromatic heterocycles. The van der Waals surface area contributed by atoms with Crippen molar-refractivity contribution in [1.82, 2.24) is 5.32 Å². The van der Waals surface area contributed by atoms with Crippen LogP contribution in [-0.2, 0) is 9.53 Å². The summed E-state index contributed by atoms with van der Waals surface area (Å²) in [4.78, 5) is 24.7. The molecule has 0 aliphatic rings. The number of hydrogen-bond donors (Lipinski definition) is 1. The third kappa shape index (κ3) is 6.97. The van der Waals surface area contributed by atoms with Gasteiger partial charge in [-0.25, -0.2) is 4.79 Å². The summed E-state index contributed by atoms with van der Waals surface area (Å²) in [5.74, 6) is 0.516. The summed E-state index contributed by atoms with van der Waals surface area (Å²) in [5.41, 5.74) is 1.04. The van der Waals surface area contributed by atoms with Crippen LogP contribution in [-0.4, -0.2) is 43.1 Å². The summed E-state index contributed by atoms with van der Waals surface area (Å²) >= 11 is 1.59. The normalized spacial score (nSPS) is 11.1. The Morgan fingerprint density at radius 1 is 1.11 bits per heavy atom. The number of esters is 1. The first kappa shape index (κ1) is 21.3. The molecule has 0 heterocycles. The molecule has 2 rings (SSSR count). The average molecular weight is 398 g/mol. The van der Waals surface area contributed by atoms with Gasteiger partial charge in [-0.3, -0.25) is 4.79 Å². The standard InChI is InChI=1S/C21H22N2O4S/c1-28-14-11-19(23-20(24)17-5-3-2-4-6-17)21(25)27-13-12-26-18-9-7-16(15-22)8-10-18/h2-10,19H,11-14H2,1H3,(H,23,24). The van der Waals surface area contributed by atoms with E-state index in [4.69, 9.17) is 14.7 Å². The second kappa shape index (κ2) is 11.7. The largest absolute Gasteiger partial charge is 0.490 e. The molecule has 1 unspecified atom stereocenters. The maximum Gasteiger partial charge on any atom is 0.328 e. The Labute approximate surface area is 168 Å². The lowest BCUT2D eigenvalue weighted by Crippen LogP contribution is -2.42. The number of nitriles is 1. The maximum atomic E-state index is 12.4. The number of carbonyl (C=O) groups is 2. The fraction of sp³-hybridized carbons (Fsp3) is 0.286. The number of rotatable bonds is 10. The van der Waals surface area contributed by atoms with Crippen molar-refractivity contribution < 1.29 is 19.1 Å². The number of ether oxygens (including phenoxy) is 2. The van der Waals surface area contributed by atoms with Gasteiger partial charge in [0.05, 0.1) is 11.6 Å². The predicted molar refractivity (Wildman–Crippen MR) is 108 cm³/mol. The minimum atomic E-state index is -0.713. The Morgan fingerprint density at radius 3 is 2.46 bits per heavy atom. The Balaban J connectivity index is 1.82. The van der Waals surface area contributed by atoms with E-state index in [1.165, 1.54) is 0 Å². The molecule has 0 fully saturated rings. The van der Waals surface area contributed by atoms with Gasteiger partial charge in [-0.1, -0.05) is 18.2 Å². The third-order valence-corrected chi connectivity index (χ3v) is 4.46. The first-order valence-corrected chi connectivity index (χ1v) is 10.2. The Morgan fingerprint density at radius 2 is 1.82 bits per heavy atom. The van der Waals surface area contributed by atoms with Crippen LogP contribution in [0.5, 0.6) is 5.75 Å². The van der Waals surface area contributed by atoms with E-state index in [0.717, 1.165) is 5.75 Å². The highest BCUT2D eigenvalue weighted by molar-refractivity contribution is 7.98. The van der Waals surface area contributed by atoms with Crippen LogP contribution in [0.2, 0.25) is 0 Å². The van der Waals surface area contributed by atoms with Crippen molar-refractivity contribution in [2.75, 3.05) is 25.2 Å². The Kier molecular flexibility index (Phi) is 8.89. The van der Waals surface area contributed by atoms with E-state index in [1.807, 2.05) is 18.4 Å². The van der Waals surface area contributed by atoms with Crippen LogP contribution >= 0.6 is 11.8 Å². The van der Waals surface area contributed by atoms with Gasteiger partial charge in [-0.2, -0.15) is 17.0 Å². The minimum Gasteiger partial charge on any atom is -0.490 e. The fourth-order valence-electron chi connectivity index (χ4n) is 2.34. The highest BCUT2D eigenvalue weighted by Gasteiger charge is 2.22. The van der Waals surface area contributed by atoms with Crippen molar-refractivity contribution in [3.8, 4) is 11.8 Å². The van der Waals surface area contributed by atoms with Crippen LogP contribution in [0.4, 0.5) is 0 Å². The van der Waals surface area contributed by atoms with Crippen LogP contribution < -0.4 is 10.1 Å². The van der Waals surface area contributed by atoms with Gasteiger partial charge in [0, 0.05) is 5.56 Å². The van der Waals surface area contributed by atoms with Gasteiger partial charge >= 0.3 is 5.97 Å². The number of thioether (sulfide) groups is 1. The van der Waals surface area contributed by atoms with E-state index in [1.54, 1.807) is 60.3 Å². The average Bonchev–Trinajstić information content (AvgIpc) is 2.74. The molecule has 7 heteroatoms. The van der Waals surface area contributed by atoms with Gasteiger partial charge < -0.3 is 14.8 Å². The summed E-state index contributed by atoms with van der Waals surface area (Å²) in [5, 5.41) is 11.5. The first-order chi connectivity index (χ1) is 13.6. The summed E-state index contributed by atoms with van der Waals surface area (Å²) in [6.07, 6.45) is 2.42. The highest BCUT2D eigenvalue weighted by atomic mass is 32.2. The van der Waals surface area contributed by atoms with Crippen molar-refractivity contribution in [2.24, 2.45) is 0 Å². The number of hydrogen-bond acceptors (Lipinski definition) is 6. The van der Waals surface area contributed by atoms with Gasteiger partial charge in [0.1, 0.15) is 25.0 Å². The van der Waals surface area contributed by atoms with E-state index < -0.39 is 12.0 Å². The molecule has 0 saturated heterocycles. The minimum absolute atomic E-state index is 0.0653. The molecule has 2 aromatic rings. The fourth-order valence-corrected chi connectivity index (χ4v) is 2.82. The number of amides is 1. The van der Waals surface area contributed by atoms with Gasteiger partial charge in [0.2, 0.25) is 0 Å². The van der Waals surface area contributed by atoms with E-state index >= 15 is 0 Å². The van der Waals surface area contributed by atoms with Gasteiger partial charge in [-0.15, -0.1) is 0 Å². The topological polar surface area (TPSA) is 88.4 Å². The summed E-state index contributed by atoms with van der Waals surface area (Å²) in [7, 11) is 0. The molecule has 146 valence electrons. The highest BCUT2D eigenvalue weighted by Crippen LogP contribution is 2.11. The van der Waals surface area contributed by atoms with E-state index in [9.17, 15) is 9.59 Å². The molecule has 0 radical (unpaired) electrons. The molecule has 1 atom stereocenters. The molecule has 0 aliphatic heterocycles. The zero-order valence-electron chi connectivity index (χ0n) is 15.6. The molecule has 0 aliphatic carbocycles. The molecule has 1 N–H and O–H groups in total. The molecular weight excluding hydrogens is 376 g/mol. The maximum absolute atomic E-state index is 12.4. The van der Waals surface area contributed by atoms with Crippen molar-refractivity contribution in [2.45, 2.75) is 12.5 Å². The van der Waals surface area contributed by atoms with Gasteiger partial charge in [0.25, 0.3) is 5.91 Å². The van der Waals surface area contributed by atoms with E-state index in [0.29, 0.717) is 23.3 Å². The quantitative estimate of drug-likeness (QED) is 0.489. The molecule has 6 nitrogen and oxygen atoms in total. The van der Waals surface area contributed by atoms with Gasteiger partial charge in [-0.05, 0) is 54.8 Å². The molecule has 0 saturated carbocycles. The number of nitrogens with one attached hydrogen (secondary N) is 1. The van der Waals surface area contributed by atoms with Crippen molar-refractivity contribution in [3.63, 3.8) is 0 Å². The Hall–Kier alpha value is -2.98. The van der Waals surface area contributed by atoms with E-state index in [-0.39, 0.29) is 19.1 Å². The lowest BCUT2D eigenvalue weighted by Gasteiger charge is -2.17. The van der Waals surface area contributed by atoms with Crippen molar-refractivity contribution >= 4 is 23.6 Å². The number of benzene rings is 2. The molecule has 2 aromatic carbocycles. The van der Waals surface area contributed by atoms with Crippen molar-refractivity contribution in [1.29, 1.82) is 5.26 Å². The van der Waals surface area contributed by atoms with Crippen LogP contribution in [0.15, 0.2) is 54.6 Å². The zero-order chi connectivity index (χ0) is 20.2. The summed E-state index contributed by atoms with van der Waals surface area (Å²) in [6.45, 7) is 0.245. The van der Waals surface area contributed by atoms with Gasteiger partial charge in [0.15, 0.2) is 0 Å². The Bertz CT molecular complexity index is 803. The summed E-state index contributed by atoms with van der Waals surface area (Å²) < 4.78 is 10.8. The van der Waals surface area contributed by atoms with Crippen LogP contribution in [0.1, 0.15) is 22.3 Å². The molecule has 1 amide bonds. The molecule has 28 heavy (non-hydrogen) atoms. The predicted octanol–water partition coefficient (Wildman–Crippen LogP) is 3.03. The zero-order valence-corrected chi connectivity index (χ0v) is 16.4. The molecular formula is C21H22N2O4S. The van der Waals surface area contributed by atoms with E-state index in [2.05, 4.69) is 5.32 Å². The second-order valence-corrected chi connectivity index (χ2v) is 6.81. The first-order valence-electron chi connectivity index (χ1n) is 8.78. The molecule has 0 bridgehead atoms. The van der Waals surface area contributed by atoms with Crippen molar-refractivity contribution in [3.05, 3.63) is 65.7 Å². The molecule has 0 spiro atoms. The van der Waals surface area contributed by atoms with Crippen LogP contribution in [0, 0.1) is 11.3 Å².